The van der Waals surface area contributed by atoms with E-state index in [-0.39, 0.29) is 5.41 Å². The second-order valence-corrected chi connectivity index (χ2v) is 9.01. The van der Waals surface area contributed by atoms with Crippen molar-refractivity contribution in [3.05, 3.63) is 23.8 Å². The fourth-order valence-corrected chi connectivity index (χ4v) is 6.99. The smallest absolute Gasteiger partial charge is 0.0701 e. The molecule has 0 aliphatic heterocycles. The third-order valence-electron chi connectivity index (χ3n) is 8.56. The lowest BCUT2D eigenvalue weighted by Crippen LogP contribution is -2.53. The van der Waals surface area contributed by atoms with Crippen molar-refractivity contribution in [2.24, 2.45) is 28.6 Å². The zero-order valence-corrected chi connectivity index (χ0v) is 14.6. The van der Waals surface area contributed by atoms with Gasteiger partial charge in [0.05, 0.1) is 5.60 Å². The minimum Gasteiger partial charge on any atom is -0.389 e. The van der Waals surface area contributed by atoms with Gasteiger partial charge in [-0.2, -0.15) is 0 Å². The van der Waals surface area contributed by atoms with E-state index >= 15 is 0 Å². The lowest BCUT2D eigenvalue weighted by atomic mass is 9.47. The molecule has 0 unspecified atom stereocenters. The predicted molar refractivity (Wildman–Crippen MR) is 91.5 cm³/mol. The summed E-state index contributed by atoms with van der Waals surface area (Å²) in [5.41, 5.74) is 1.79. The quantitative estimate of drug-likeness (QED) is 0.700. The fourth-order valence-electron chi connectivity index (χ4n) is 6.99. The average Bonchev–Trinajstić information content (AvgIpc) is 2.79. The summed E-state index contributed by atoms with van der Waals surface area (Å²) in [7, 11) is 0. The summed E-state index contributed by atoms with van der Waals surface area (Å²) in [5, 5.41) is 11.2. The molecule has 0 saturated heterocycles. The molecule has 2 saturated carbocycles. The van der Waals surface area contributed by atoms with E-state index in [1.165, 1.54) is 38.5 Å². The summed E-state index contributed by atoms with van der Waals surface area (Å²) < 4.78 is 0. The summed E-state index contributed by atoms with van der Waals surface area (Å²) in [6, 6.07) is 0. The Morgan fingerprint density at radius 2 is 1.91 bits per heavy atom. The summed E-state index contributed by atoms with van der Waals surface area (Å²) in [6.07, 6.45) is 16.9. The Kier molecular flexibility index (Phi) is 3.22. The maximum atomic E-state index is 11.2. The van der Waals surface area contributed by atoms with Gasteiger partial charge in [-0.1, -0.05) is 39.0 Å². The molecule has 122 valence electrons. The average molecular weight is 300 g/mol. The second-order valence-electron chi connectivity index (χ2n) is 9.01. The zero-order valence-electron chi connectivity index (χ0n) is 14.6. The summed E-state index contributed by atoms with van der Waals surface area (Å²) in [6.45, 7) is 7.13. The first-order valence-electron chi connectivity index (χ1n) is 9.54. The van der Waals surface area contributed by atoms with Crippen LogP contribution in [-0.2, 0) is 0 Å². The molecule has 0 spiro atoms. The predicted octanol–water partition coefficient (Wildman–Crippen LogP) is 5.26. The van der Waals surface area contributed by atoms with Gasteiger partial charge in [0, 0.05) is 0 Å². The van der Waals surface area contributed by atoms with Gasteiger partial charge in [0.1, 0.15) is 0 Å². The van der Waals surface area contributed by atoms with E-state index < -0.39 is 5.60 Å². The van der Waals surface area contributed by atoms with Gasteiger partial charge in [-0.05, 0) is 85.5 Å². The van der Waals surface area contributed by atoms with E-state index in [0.717, 1.165) is 30.6 Å². The monoisotopic (exact) mass is 300 g/mol. The van der Waals surface area contributed by atoms with Gasteiger partial charge in [-0.25, -0.2) is 0 Å². The molecule has 4 aliphatic carbocycles. The molecule has 4 rings (SSSR count). The number of hydrogen-bond donors (Lipinski definition) is 1. The van der Waals surface area contributed by atoms with Crippen LogP contribution in [0.15, 0.2) is 23.8 Å². The molecular weight excluding hydrogens is 268 g/mol. The molecule has 0 bridgehead atoms. The van der Waals surface area contributed by atoms with Crippen LogP contribution in [0.2, 0.25) is 0 Å². The molecule has 1 nitrogen and oxygen atoms in total. The van der Waals surface area contributed by atoms with Crippen LogP contribution in [-0.4, -0.2) is 10.7 Å². The molecule has 0 heterocycles. The van der Waals surface area contributed by atoms with E-state index in [1.807, 2.05) is 0 Å². The maximum Gasteiger partial charge on any atom is 0.0701 e. The van der Waals surface area contributed by atoms with Crippen molar-refractivity contribution < 1.29 is 5.11 Å². The van der Waals surface area contributed by atoms with Crippen molar-refractivity contribution in [3.63, 3.8) is 0 Å². The van der Waals surface area contributed by atoms with Crippen LogP contribution in [0.1, 0.15) is 72.1 Å². The molecule has 0 aromatic rings. The Labute approximate surface area is 135 Å². The van der Waals surface area contributed by atoms with Crippen molar-refractivity contribution >= 4 is 0 Å². The molecule has 0 amide bonds. The normalized spacial score (nSPS) is 53.5. The van der Waals surface area contributed by atoms with Crippen LogP contribution >= 0.6 is 0 Å². The third kappa shape index (κ3) is 1.70. The Morgan fingerprint density at radius 3 is 2.68 bits per heavy atom. The summed E-state index contributed by atoms with van der Waals surface area (Å²) in [4.78, 5) is 0. The minimum absolute atomic E-state index is 0.162. The second kappa shape index (κ2) is 4.72. The van der Waals surface area contributed by atoms with Crippen LogP contribution < -0.4 is 0 Å². The highest BCUT2D eigenvalue weighted by Crippen LogP contribution is 2.67. The van der Waals surface area contributed by atoms with Crippen LogP contribution in [0.5, 0.6) is 0 Å². The van der Waals surface area contributed by atoms with E-state index in [0.29, 0.717) is 5.41 Å². The summed E-state index contributed by atoms with van der Waals surface area (Å²) in [5.74, 6) is 2.38. The Morgan fingerprint density at radius 1 is 1.14 bits per heavy atom. The van der Waals surface area contributed by atoms with Crippen molar-refractivity contribution in [2.75, 3.05) is 0 Å². The number of aliphatic hydroxyl groups is 1. The number of hydrogen-bond acceptors (Lipinski definition) is 1. The zero-order chi connectivity index (χ0) is 15.6. The van der Waals surface area contributed by atoms with Crippen molar-refractivity contribution in [3.8, 4) is 0 Å². The lowest BCUT2D eigenvalue weighted by Gasteiger charge is -2.58. The largest absolute Gasteiger partial charge is 0.389 e. The molecule has 0 radical (unpaired) electrons. The van der Waals surface area contributed by atoms with Crippen LogP contribution in [0, 0.1) is 28.6 Å². The molecule has 22 heavy (non-hydrogen) atoms. The van der Waals surface area contributed by atoms with Gasteiger partial charge in [0.2, 0.25) is 0 Å². The highest BCUT2D eigenvalue weighted by atomic mass is 16.3. The van der Waals surface area contributed by atoms with E-state index in [4.69, 9.17) is 0 Å². The van der Waals surface area contributed by atoms with Gasteiger partial charge in [0.25, 0.3) is 0 Å². The molecule has 6 atom stereocenters. The van der Waals surface area contributed by atoms with E-state index in [9.17, 15) is 5.11 Å². The van der Waals surface area contributed by atoms with Gasteiger partial charge >= 0.3 is 0 Å². The van der Waals surface area contributed by atoms with E-state index in [2.05, 4.69) is 39.0 Å². The van der Waals surface area contributed by atoms with Gasteiger partial charge < -0.3 is 5.11 Å². The molecule has 1 N–H and O–H groups in total. The Balaban J connectivity index is 1.71. The van der Waals surface area contributed by atoms with E-state index in [1.54, 1.807) is 5.57 Å². The van der Waals surface area contributed by atoms with Crippen LogP contribution in [0.3, 0.4) is 0 Å². The molecular formula is C21H32O. The Hall–Kier alpha value is -0.560. The van der Waals surface area contributed by atoms with Gasteiger partial charge in [-0.15, -0.1) is 0 Å². The highest BCUT2D eigenvalue weighted by molar-refractivity contribution is 5.34. The third-order valence-corrected chi connectivity index (χ3v) is 8.56. The summed E-state index contributed by atoms with van der Waals surface area (Å²) >= 11 is 0. The molecule has 4 aliphatic rings. The van der Waals surface area contributed by atoms with Crippen LogP contribution in [0.4, 0.5) is 0 Å². The van der Waals surface area contributed by atoms with Crippen LogP contribution in [0.25, 0.3) is 0 Å². The topological polar surface area (TPSA) is 20.2 Å². The van der Waals surface area contributed by atoms with Gasteiger partial charge in [-0.3, -0.25) is 0 Å². The maximum absolute atomic E-state index is 11.2. The molecule has 0 aromatic heterocycles. The minimum atomic E-state index is -0.403. The number of fused-ring (bicyclic) bond motifs is 5. The SMILES string of the molecule is CC[C@]1(O)CC[C@H]2[C@@H]3CC=C4C=CCC[C@]4(C)[C@H]3CC[C@@]21C. The molecule has 1 heteroatoms. The van der Waals surface area contributed by atoms with Gasteiger partial charge in [0.15, 0.2) is 0 Å². The lowest BCUT2D eigenvalue weighted by molar-refractivity contribution is -0.122. The van der Waals surface area contributed by atoms with Crippen molar-refractivity contribution in [1.82, 2.24) is 0 Å². The number of rotatable bonds is 1. The first-order valence-corrected chi connectivity index (χ1v) is 9.54. The highest BCUT2D eigenvalue weighted by Gasteiger charge is 2.62. The number of allylic oxidation sites excluding steroid dienone is 4. The first kappa shape index (κ1) is 15.0. The van der Waals surface area contributed by atoms with Crippen molar-refractivity contribution in [1.29, 1.82) is 0 Å². The molecule has 0 aromatic carbocycles. The molecule has 2 fully saturated rings. The van der Waals surface area contributed by atoms with Crippen molar-refractivity contribution in [2.45, 2.75) is 77.7 Å². The standard InChI is InChI=1S/C21H32O/c1-4-21(22)14-11-18-16-9-8-15-7-5-6-12-19(15,2)17(16)10-13-20(18,21)3/h5,7-8,16-18,22H,4,6,9-14H2,1-3H3/t16-,17+,18+,19+,20+,21+/m1/s1. The first-order chi connectivity index (χ1) is 10.4. The Bertz CT molecular complexity index is 532. The fraction of sp³-hybridized carbons (Fsp3) is 0.810.